The van der Waals surface area contributed by atoms with Gasteiger partial charge < -0.3 is 21.5 Å². The quantitative estimate of drug-likeness (QED) is 0.497. The average Bonchev–Trinajstić information content (AvgIpc) is 2.84. The van der Waals surface area contributed by atoms with Crippen LogP contribution in [0.5, 0.6) is 5.75 Å². The Hall–Kier alpha value is -3.98. The number of carbonyl (C=O) groups excluding carboxylic acids is 2. The average molecular weight is 448 g/mol. The number of primary amides is 2. The molecule has 0 saturated carbocycles. The third-order valence-corrected chi connectivity index (χ3v) is 6.21. The maximum absolute atomic E-state index is 12.5. The van der Waals surface area contributed by atoms with Gasteiger partial charge in [0.2, 0.25) is 11.9 Å². The van der Waals surface area contributed by atoms with Crippen molar-refractivity contribution in [3.05, 3.63) is 60.9 Å². The SMILES string of the molecule is COc1ccc(-c2cnc(Nc3cccc([N+]4(C(N)=O)CCC(C(N)=O)CC4)c3)nc2)cc1. The summed E-state index contributed by atoms with van der Waals surface area (Å²) in [6.07, 6.45) is 4.53. The zero-order valence-corrected chi connectivity index (χ0v) is 18.4. The Bertz CT molecular complexity index is 1140. The van der Waals surface area contributed by atoms with Gasteiger partial charge in [-0.2, -0.15) is 0 Å². The van der Waals surface area contributed by atoms with E-state index in [4.69, 9.17) is 16.2 Å². The molecule has 170 valence electrons. The van der Waals surface area contributed by atoms with Crippen LogP contribution in [0.3, 0.4) is 0 Å². The molecule has 1 aliphatic heterocycles. The number of hydrogen-bond donors (Lipinski definition) is 3. The summed E-state index contributed by atoms with van der Waals surface area (Å²) in [5.41, 5.74) is 14.6. The van der Waals surface area contributed by atoms with Crippen LogP contribution in [0.4, 0.5) is 22.1 Å². The Morgan fingerprint density at radius 3 is 2.24 bits per heavy atom. The van der Waals surface area contributed by atoms with Crippen molar-refractivity contribution in [2.75, 3.05) is 25.5 Å². The first-order valence-electron chi connectivity index (χ1n) is 10.7. The molecule has 0 bridgehead atoms. The second-order valence-corrected chi connectivity index (χ2v) is 8.13. The molecule has 1 aromatic heterocycles. The zero-order valence-electron chi connectivity index (χ0n) is 18.4. The lowest BCUT2D eigenvalue weighted by atomic mass is 9.93. The molecule has 5 N–H and O–H groups in total. The summed E-state index contributed by atoms with van der Waals surface area (Å²) < 4.78 is 5.17. The lowest BCUT2D eigenvalue weighted by molar-refractivity contribution is -0.122. The maximum Gasteiger partial charge on any atom is 0.419 e. The van der Waals surface area contributed by atoms with E-state index in [0.29, 0.717) is 31.9 Å². The highest BCUT2D eigenvalue weighted by Crippen LogP contribution is 2.33. The third kappa shape index (κ3) is 4.63. The van der Waals surface area contributed by atoms with Crippen molar-refractivity contribution in [1.82, 2.24) is 14.5 Å². The number of aromatic nitrogens is 2. The number of piperidine rings is 1. The summed E-state index contributed by atoms with van der Waals surface area (Å²) in [7, 11) is 1.63. The number of hydrogen-bond acceptors (Lipinski definition) is 6. The van der Waals surface area contributed by atoms with Gasteiger partial charge >= 0.3 is 6.03 Å². The number of rotatable bonds is 6. The van der Waals surface area contributed by atoms with Crippen LogP contribution >= 0.6 is 0 Å². The van der Waals surface area contributed by atoms with Gasteiger partial charge in [-0.25, -0.2) is 19.2 Å². The number of ether oxygens (including phenoxy) is 1. The smallest absolute Gasteiger partial charge is 0.419 e. The first-order chi connectivity index (χ1) is 15.9. The lowest BCUT2D eigenvalue weighted by Crippen LogP contribution is -2.61. The van der Waals surface area contributed by atoms with Crippen LogP contribution in [0.2, 0.25) is 0 Å². The van der Waals surface area contributed by atoms with Crippen LogP contribution in [0.1, 0.15) is 12.8 Å². The van der Waals surface area contributed by atoms with Crippen molar-refractivity contribution >= 4 is 29.3 Å². The summed E-state index contributed by atoms with van der Waals surface area (Å²) in [4.78, 5) is 32.8. The van der Waals surface area contributed by atoms with E-state index in [9.17, 15) is 9.59 Å². The van der Waals surface area contributed by atoms with Gasteiger partial charge in [0.1, 0.15) is 11.4 Å². The predicted molar refractivity (Wildman–Crippen MR) is 127 cm³/mol. The molecule has 0 spiro atoms. The number of likely N-dealkylation sites (tertiary alicyclic amines) is 1. The van der Waals surface area contributed by atoms with Crippen LogP contribution in [0.15, 0.2) is 60.9 Å². The molecule has 3 aromatic rings. The summed E-state index contributed by atoms with van der Waals surface area (Å²) in [5.74, 6) is 0.660. The van der Waals surface area contributed by atoms with E-state index < -0.39 is 6.03 Å². The van der Waals surface area contributed by atoms with Crippen LogP contribution < -0.4 is 26.0 Å². The number of amides is 3. The Labute approximate surface area is 192 Å². The summed E-state index contributed by atoms with van der Waals surface area (Å²) in [5, 5.41) is 3.19. The molecule has 0 aliphatic carbocycles. The Kier molecular flexibility index (Phi) is 6.23. The van der Waals surface area contributed by atoms with Gasteiger partial charge in [-0.05, 0) is 29.8 Å². The van der Waals surface area contributed by atoms with Crippen molar-refractivity contribution in [3.63, 3.8) is 0 Å². The topological polar surface area (TPSA) is 133 Å². The van der Waals surface area contributed by atoms with Gasteiger partial charge in [0.25, 0.3) is 0 Å². The molecule has 1 aliphatic rings. The molecular weight excluding hydrogens is 420 g/mol. The summed E-state index contributed by atoms with van der Waals surface area (Å²) in [6, 6.07) is 14.7. The second kappa shape index (κ2) is 9.25. The van der Waals surface area contributed by atoms with Gasteiger partial charge in [0.05, 0.1) is 20.2 Å². The molecule has 9 heteroatoms. The van der Waals surface area contributed by atoms with Crippen LogP contribution in [0, 0.1) is 5.92 Å². The Morgan fingerprint density at radius 2 is 1.67 bits per heavy atom. The highest BCUT2D eigenvalue weighted by atomic mass is 16.5. The van der Waals surface area contributed by atoms with Gasteiger partial charge in [-0.1, -0.05) is 18.2 Å². The minimum atomic E-state index is -0.449. The largest absolute Gasteiger partial charge is 0.497 e. The molecular formula is C24H27N6O3+. The van der Waals surface area contributed by atoms with Crippen molar-refractivity contribution in [1.29, 1.82) is 0 Å². The van der Waals surface area contributed by atoms with E-state index in [1.165, 1.54) is 0 Å². The number of methoxy groups -OCH3 is 1. The first-order valence-corrected chi connectivity index (χ1v) is 10.7. The number of quaternary nitrogens is 1. The first kappa shape index (κ1) is 22.2. The van der Waals surface area contributed by atoms with Crippen LogP contribution in [-0.4, -0.2) is 42.1 Å². The standard InChI is InChI=1S/C24H26N6O3/c1-33-21-7-5-16(6-8-21)18-14-27-24(28-15-18)29-19-3-2-4-20(13-19)30(23(26)32)11-9-17(10-12-30)22(25)31/h2-8,13-15,17H,9-12H2,1H3,(H4-,25,26,27,28,29,31,32)/p+1. The molecule has 2 heterocycles. The minimum absolute atomic E-state index is 0.0173. The number of carbonyl (C=O) groups is 2. The molecule has 33 heavy (non-hydrogen) atoms. The number of urea groups is 1. The van der Waals surface area contributed by atoms with Gasteiger partial charge in [-0.3, -0.25) is 4.79 Å². The Morgan fingerprint density at radius 1 is 1.00 bits per heavy atom. The fourth-order valence-corrected chi connectivity index (χ4v) is 4.20. The van der Waals surface area contributed by atoms with Gasteiger partial charge in [0.15, 0.2) is 0 Å². The van der Waals surface area contributed by atoms with Crippen molar-refractivity contribution in [2.45, 2.75) is 12.8 Å². The number of nitrogens with zero attached hydrogens (tertiary/aromatic N) is 3. The zero-order chi connectivity index (χ0) is 23.4. The fourth-order valence-electron chi connectivity index (χ4n) is 4.20. The monoisotopic (exact) mass is 447 g/mol. The molecule has 1 saturated heterocycles. The predicted octanol–water partition coefficient (Wildman–Crippen LogP) is 3.18. The molecule has 1 fully saturated rings. The van der Waals surface area contributed by atoms with E-state index in [2.05, 4.69) is 15.3 Å². The van der Waals surface area contributed by atoms with Crippen LogP contribution in [0.25, 0.3) is 11.1 Å². The highest BCUT2D eigenvalue weighted by Gasteiger charge is 2.43. The van der Waals surface area contributed by atoms with Crippen molar-refractivity contribution in [3.8, 4) is 16.9 Å². The molecule has 0 unspecified atom stereocenters. The van der Waals surface area contributed by atoms with E-state index in [1.54, 1.807) is 19.5 Å². The van der Waals surface area contributed by atoms with Gasteiger partial charge in [-0.15, -0.1) is 0 Å². The molecule has 0 atom stereocenters. The molecule has 0 radical (unpaired) electrons. The van der Waals surface area contributed by atoms with Crippen molar-refractivity contribution in [2.24, 2.45) is 17.4 Å². The van der Waals surface area contributed by atoms with E-state index in [1.807, 2.05) is 48.5 Å². The lowest BCUT2D eigenvalue weighted by Gasteiger charge is -2.38. The summed E-state index contributed by atoms with van der Waals surface area (Å²) in [6.45, 7) is 0.860. The number of benzene rings is 2. The Balaban J connectivity index is 1.51. The highest BCUT2D eigenvalue weighted by molar-refractivity contribution is 5.87. The number of nitrogens with two attached hydrogens (primary N) is 2. The van der Waals surface area contributed by atoms with Gasteiger partial charge in [0, 0.05) is 48.5 Å². The van der Waals surface area contributed by atoms with E-state index in [0.717, 1.165) is 28.3 Å². The second-order valence-electron chi connectivity index (χ2n) is 8.13. The van der Waals surface area contributed by atoms with Crippen LogP contribution in [-0.2, 0) is 4.79 Å². The molecule has 9 nitrogen and oxygen atoms in total. The number of anilines is 2. The molecule has 4 rings (SSSR count). The normalized spacial score (nSPS) is 20.1. The molecule has 3 amide bonds. The van der Waals surface area contributed by atoms with Crippen molar-refractivity contribution < 1.29 is 14.3 Å². The molecule has 2 aromatic carbocycles. The maximum atomic E-state index is 12.5. The fraction of sp³-hybridized carbons (Fsp3) is 0.250. The number of nitrogens with one attached hydrogen (secondary N) is 1. The minimum Gasteiger partial charge on any atom is -0.497 e. The van der Waals surface area contributed by atoms with E-state index in [-0.39, 0.29) is 16.3 Å². The summed E-state index contributed by atoms with van der Waals surface area (Å²) >= 11 is 0. The third-order valence-electron chi connectivity index (χ3n) is 6.21. The van der Waals surface area contributed by atoms with E-state index >= 15 is 0 Å².